The third-order valence-corrected chi connectivity index (χ3v) is 4.96. The van der Waals surface area contributed by atoms with Gasteiger partial charge < -0.3 is 19.1 Å². The molecule has 1 fully saturated rings. The Kier molecular flexibility index (Phi) is 5.68. The van der Waals surface area contributed by atoms with Gasteiger partial charge in [0.25, 0.3) is 0 Å². The maximum absolute atomic E-state index is 12.7. The fourth-order valence-electron chi connectivity index (χ4n) is 3.67. The number of hydrogen-bond acceptors (Lipinski definition) is 4. The van der Waals surface area contributed by atoms with Crippen molar-refractivity contribution in [3.63, 3.8) is 0 Å². The van der Waals surface area contributed by atoms with Gasteiger partial charge in [0.05, 0.1) is 24.1 Å². The van der Waals surface area contributed by atoms with E-state index in [1.807, 2.05) is 24.0 Å². The Morgan fingerprint density at radius 3 is 2.44 bits per heavy atom. The number of aromatic nitrogens is 2. The Labute approximate surface area is 159 Å². The molecule has 1 aliphatic rings. The first-order valence-corrected chi connectivity index (χ1v) is 9.57. The van der Waals surface area contributed by atoms with Gasteiger partial charge in [0.1, 0.15) is 5.82 Å². The van der Waals surface area contributed by atoms with Crippen molar-refractivity contribution in [2.24, 2.45) is 0 Å². The predicted molar refractivity (Wildman–Crippen MR) is 104 cm³/mol. The smallest absolute Gasteiger partial charge is 0.409 e. The number of fused-ring (bicyclic) bond motifs is 1. The van der Waals surface area contributed by atoms with E-state index in [9.17, 15) is 9.59 Å². The van der Waals surface area contributed by atoms with Gasteiger partial charge >= 0.3 is 6.09 Å². The number of ether oxygens (including phenoxy) is 1. The summed E-state index contributed by atoms with van der Waals surface area (Å²) in [6, 6.07) is 6.41. The van der Waals surface area contributed by atoms with Crippen molar-refractivity contribution in [3.05, 3.63) is 29.6 Å². The Morgan fingerprint density at radius 2 is 1.81 bits per heavy atom. The van der Waals surface area contributed by atoms with Crippen LogP contribution in [0.4, 0.5) is 4.79 Å². The van der Waals surface area contributed by atoms with Crippen molar-refractivity contribution >= 4 is 23.0 Å². The van der Waals surface area contributed by atoms with E-state index >= 15 is 0 Å². The molecular formula is C20H28N4O3. The molecule has 3 rings (SSSR count). The average Bonchev–Trinajstić information content (AvgIpc) is 2.97. The monoisotopic (exact) mass is 372 g/mol. The molecule has 7 nitrogen and oxygen atoms in total. The van der Waals surface area contributed by atoms with Crippen molar-refractivity contribution in [2.75, 3.05) is 32.8 Å². The number of carbonyl (C=O) groups is 2. The quantitative estimate of drug-likeness (QED) is 0.828. The van der Waals surface area contributed by atoms with Gasteiger partial charge in [-0.2, -0.15) is 0 Å². The first-order valence-electron chi connectivity index (χ1n) is 9.57. The molecule has 0 bridgehead atoms. The van der Waals surface area contributed by atoms with Crippen LogP contribution < -0.4 is 0 Å². The summed E-state index contributed by atoms with van der Waals surface area (Å²) in [7, 11) is 0. The topological polar surface area (TPSA) is 67.7 Å². The van der Waals surface area contributed by atoms with E-state index in [-0.39, 0.29) is 12.0 Å². The van der Waals surface area contributed by atoms with E-state index in [1.165, 1.54) is 0 Å². The molecule has 0 aliphatic carbocycles. The molecule has 1 saturated heterocycles. The number of aryl methyl sites for hydroxylation is 1. The van der Waals surface area contributed by atoms with Crippen LogP contribution in [0.15, 0.2) is 18.2 Å². The van der Waals surface area contributed by atoms with E-state index in [2.05, 4.69) is 29.5 Å². The minimum atomic E-state index is -0.300. The molecule has 0 unspecified atom stereocenters. The van der Waals surface area contributed by atoms with Crippen LogP contribution in [0.25, 0.3) is 11.0 Å². The van der Waals surface area contributed by atoms with Crippen LogP contribution in [0.2, 0.25) is 0 Å². The van der Waals surface area contributed by atoms with Crippen molar-refractivity contribution in [1.29, 1.82) is 0 Å². The highest BCUT2D eigenvalue weighted by Crippen LogP contribution is 2.22. The molecule has 2 amide bonds. The Bertz CT molecular complexity index is 835. The molecule has 2 aromatic rings. The summed E-state index contributed by atoms with van der Waals surface area (Å²) in [6.07, 6.45) is 0.0503. The van der Waals surface area contributed by atoms with Crippen LogP contribution >= 0.6 is 0 Å². The number of piperazine rings is 1. The highest BCUT2D eigenvalue weighted by molar-refractivity contribution is 5.82. The molecule has 1 aromatic carbocycles. The van der Waals surface area contributed by atoms with E-state index in [0.29, 0.717) is 45.2 Å². The number of benzene rings is 1. The highest BCUT2D eigenvalue weighted by Gasteiger charge is 2.25. The lowest BCUT2D eigenvalue weighted by molar-refractivity contribution is -0.132. The molecule has 0 N–H and O–H groups in total. The second-order valence-corrected chi connectivity index (χ2v) is 7.19. The fraction of sp³-hybridized carbons (Fsp3) is 0.550. The number of carbonyl (C=O) groups excluding carboxylic acids is 2. The van der Waals surface area contributed by atoms with Gasteiger partial charge in [-0.3, -0.25) is 4.79 Å². The zero-order valence-electron chi connectivity index (χ0n) is 16.6. The normalized spacial score (nSPS) is 14.9. The lowest BCUT2D eigenvalue weighted by atomic mass is 10.1. The van der Waals surface area contributed by atoms with Crippen LogP contribution in [0, 0.1) is 6.92 Å². The largest absolute Gasteiger partial charge is 0.450 e. The van der Waals surface area contributed by atoms with Crippen LogP contribution in [0.1, 0.15) is 38.2 Å². The maximum Gasteiger partial charge on any atom is 0.409 e. The number of hydrogen-bond donors (Lipinski definition) is 0. The summed E-state index contributed by atoms with van der Waals surface area (Å²) in [6.45, 7) is 10.6. The number of amides is 2. The summed E-state index contributed by atoms with van der Waals surface area (Å²) < 4.78 is 7.22. The third kappa shape index (κ3) is 4.07. The standard InChI is InChI=1S/C20H28N4O3/c1-5-27-20(26)23-10-8-22(9-11-23)19(25)13-16-6-7-18-17(12-16)21-15(4)24(18)14(2)3/h6-7,12,14H,5,8-11,13H2,1-4H3. The molecule has 0 saturated carbocycles. The summed E-state index contributed by atoms with van der Waals surface area (Å²) >= 11 is 0. The van der Waals surface area contributed by atoms with Gasteiger partial charge in [0.15, 0.2) is 0 Å². The van der Waals surface area contributed by atoms with Crippen molar-refractivity contribution in [1.82, 2.24) is 19.4 Å². The van der Waals surface area contributed by atoms with Crippen molar-refractivity contribution in [2.45, 2.75) is 40.2 Å². The first kappa shape index (κ1) is 19.2. The average molecular weight is 372 g/mol. The van der Waals surface area contributed by atoms with E-state index in [4.69, 9.17) is 4.74 Å². The van der Waals surface area contributed by atoms with Gasteiger partial charge in [0.2, 0.25) is 5.91 Å². The lowest BCUT2D eigenvalue weighted by Gasteiger charge is -2.34. The van der Waals surface area contributed by atoms with E-state index in [1.54, 1.807) is 11.8 Å². The molecular weight excluding hydrogens is 344 g/mol. The third-order valence-electron chi connectivity index (χ3n) is 4.96. The van der Waals surface area contributed by atoms with Crippen LogP contribution in [0.3, 0.4) is 0 Å². The minimum Gasteiger partial charge on any atom is -0.450 e. The Morgan fingerprint density at radius 1 is 1.15 bits per heavy atom. The van der Waals surface area contributed by atoms with Gasteiger partial charge in [0, 0.05) is 32.2 Å². The molecule has 0 atom stereocenters. The molecule has 0 radical (unpaired) electrons. The van der Waals surface area contributed by atoms with Gasteiger partial charge in [-0.05, 0) is 45.4 Å². The Hall–Kier alpha value is -2.57. The van der Waals surface area contributed by atoms with Crippen molar-refractivity contribution in [3.8, 4) is 0 Å². The number of imidazole rings is 1. The summed E-state index contributed by atoms with van der Waals surface area (Å²) in [5.41, 5.74) is 2.99. The fourth-order valence-corrected chi connectivity index (χ4v) is 3.67. The summed E-state index contributed by atoms with van der Waals surface area (Å²) in [5, 5.41) is 0. The molecule has 146 valence electrons. The summed E-state index contributed by atoms with van der Waals surface area (Å²) in [5.74, 6) is 1.07. The van der Waals surface area contributed by atoms with Gasteiger partial charge in [-0.15, -0.1) is 0 Å². The van der Waals surface area contributed by atoms with E-state index < -0.39 is 0 Å². The first-order chi connectivity index (χ1) is 12.9. The second-order valence-electron chi connectivity index (χ2n) is 7.19. The predicted octanol–water partition coefficient (Wildman–Crippen LogP) is 2.77. The molecule has 7 heteroatoms. The van der Waals surface area contributed by atoms with Gasteiger partial charge in [-0.1, -0.05) is 6.07 Å². The maximum atomic E-state index is 12.7. The molecule has 0 spiro atoms. The number of rotatable bonds is 4. The minimum absolute atomic E-state index is 0.0814. The van der Waals surface area contributed by atoms with Crippen LogP contribution in [0.5, 0.6) is 0 Å². The Balaban J connectivity index is 1.64. The van der Waals surface area contributed by atoms with Crippen molar-refractivity contribution < 1.29 is 14.3 Å². The second kappa shape index (κ2) is 7.98. The van der Waals surface area contributed by atoms with Crippen LogP contribution in [-0.4, -0.2) is 64.1 Å². The SMILES string of the molecule is CCOC(=O)N1CCN(C(=O)Cc2ccc3c(c2)nc(C)n3C(C)C)CC1. The molecule has 1 aliphatic heterocycles. The molecule has 1 aromatic heterocycles. The zero-order valence-corrected chi connectivity index (χ0v) is 16.6. The molecule has 27 heavy (non-hydrogen) atoms. The summed E-state index contributed by atoms with van der Waals surface area (Å²) in [4.78, 5) is 32.5. The zero-order chi connectivity index (χ0) is 19.6. The molecule has 2 heterocycles. The highest BCUT2D eigenvalue weighted by atomic mass is 16.6. The van der Waals surface area contributed by atoms with Crippen LogP contribution in [-0.2, 0) is 16.0 Å². The van der Waals surface area contributed by atoms with E-state index in [0.717, 1.165) is 22.4 Å². The number of nitrogens with zero attached hydrogens (tertiary/aromatic N) is 4. The lowest BCUT2D eigenvalue weighted by Crippen LogP contribution is -2.51. The van der Waals surface area contributed by atoms with Gasteiger partial charge in [-0.25, -0.2) is 9.78 Å².